The largest absolute Gasteiger partial charge is 0.483 e. The van der Waals surface area contributed by atoms with Gasteiger partial charge in [0.15, 0.2) is 5.82 Å². The summed E-state index contributed by atoms with van der Waals surface area (Å²) in [5, 5.41) is 11.4. The Balaban J connectivity index is 0.000000730. The third-order valence-corrected chi connectivity index (χ3v) is 5.31. The number of para-hydroxylation sites is 1. The summed E-state index contributed by atoms with van der Waals surface area (Å²) in [4.78, 5) is 17.1. The summed E-state index contributed by atoms with van der Waals surface area (Å²) >= 11 is 0. The molecule has 1 aromatic carbocycles. The molecule has 3 aromatic heterocycles. The first-order valence-corrected chi connectivity index (χ1v) is 9.99. The number of carbonyl (C=O) groups is 1. The zero-order valence-corrected chi connectivity index (χ0v) is 16.9. The summed E-state index contributed by atoms with van der Waals surface area (Å²) in [6.45, 7) is 1.20. The molecular formula is C23H23N5O3. The van der Waals surface area contributed by atoms with Gasteiger partial charge < -0.3 is 14.4 Å². The Kier molecular flexibility index (Phi) is 6.49. The molecule has 0 bridgehead atoms. The van der Waals surface area contributed by atoms with Crippen LogP contribution < -0.4 is 0 Å². The topological polar surface area (TPSA) is 95.1 Å². The lowest BCUT2D eigenvalue weighted by Gasteiger charge is -2.21. The van der Waals surface area contributed by atoms with E-state index in [2.05, 4.69) is 50.1 Å². The van der Waals surface area contributed by atoms with Crippen LogP contribution in [0.15, 0.2) is 79.5 Å². The van der Waals surface area contributed by atoms with Crippen LogP contribution in [0, 0.1) is 5.92 Å². The molecule has 1 aliphatic rings. The molecule has 8 nitrogen and oxygen atoms in total. The molecule has 0 saturated carbocycles. The minimum atomic E-state index is -0.250. The number of benzene rings is 1. The van der Waals surface area contributed by atoms with Gasteiger partial charge in [-0.3, -0.25) is 9.78 Å². The first kappa shape index (κ1) is 20.5. The van der Waals surface area contributed by atoms with Crippen LogP contribution in [0.4, 0.5) is 0 Å². The average Bonchev–Trinajstić information content (AvgIpc) is 3.55. The van der Waals surface area contributed by atoms with Crippen LogP contribution in [-0.2, 0) is 16.0 Å². The normalized spacial score (nSPS) is 17.7. The highest BCUT2D eigenvalue weighted by atomic mass is 16.5. The summed E-state index contributed by atoms with van der Waals surface area (Å²) < 4.78 is 10.0. The van der Waals surface area contributed by atoms with Crippen molar-refractivity contribution in [1.29, 1.82) is 0 Å². The zero-order chi connectivity index (χ0) is 21.5. The fourth-order valence-electron chi connectivity index (χ4n) is 3.94. The Morgan fingerprint density at radius 3 is 2.58 bits per heavy atom. The highest BCUT2D eigenvalue weighted by Crippen LogP contribution is 2.33. The van der Waals surface area contributed by atoms with Gasteiger partial charge in [-0.25, -0.2) is 9.67 Å². The molecule has 0 amide bonds. The molecular weight excluding hydrogens is 394 g/mol. The fourth-order valence-corrected chi connectivity index (χ4v) is 3.94. The highest BCUT2D eigenvalue weighted by Gasteiger charge is 2.31. The monoisotopic (exact) mass is 417 g/mol. The van der Waals surface area contributed by atoms with Crippen molar-refractivity contribution in [2.75, 3.05) is 13.2 Å². The molecule has 2 atom stereocenters. The summed E-state index contributed by atoms with van der Waals surface area (Å²) in [7, 11) is 0. The van der Waals surface area contributed by atoms with E-state index >= 15 is 0 Å². The summed E-state index contributed by atoms with van der Waals surface area (Å²) in [6.07, 6.45) is 10.4. The Morgan fingerprint density at radius 1 is 1.03 bits per heavy atom. The van der Waals surface area contributed by atoms with E-state index in [1.807, 2.05) is 53.7 Å². The van der Waals surface area contributed by atoms with Crippen LogP contribution >= 0.6 is 0 Å². The lowest BCUT2D eigenvalue weighted by Crippen LogP contribution is -2.20. The lowest BCUT2D eigenvalue weighted by atomic mass is 9.95. The third-order valence-electron chi connectivity index (χ3n) is 5.31. The molecule has 5 rings (SSSR count). The predicted octanol–water partition coefficient (Wildman–Crippen LogP) is 3.26. The first-order valence-electron chi connectivity index (χ1n) is 9.99. The van der Waals surface area contributed by atoms with Gasteiger partial charge in [-0.1, -0.05) is 18.2 Å². The van der Waals surface area contributed by atoms with E-state index in [1.165, 1.54) is 5.56 Å². The van der Waals surface area contributed by atoms with Gasteiger partial charge in [-0.15, -0.1) is 0 Å². The van der Waals surface area contributed by atoms with Crippen molar-refractivity contribution in [1.82, 2.24) is 24.3 Å². The van der Waals surface area contributed by atoms with Crippen molar-refractivity contribution >= 4 is 6.47 Å². The summed E-state index contributed by atoms with van der Waals surface area (Å²) in [5.41, 5.74) is 3.28. The van der Waals surface area contributed by atoms with Crippen LogP contribution in [0.1, 0.15) is 11.6 Å². The molecule has 8 heteroatoms. The van der Waals surface area contributed by atoms with Crippen molar-refractivity contribution in [3.63, 3.8) is 0 Å². The minimum absolute atomic E-state index is 0.241. The molecule has 1 saturated heterocycles. The number of carboxylic acid groups (broad SMARTS) is 1. The number of aromatic nitrogens is 5. The second kappa shape index (κ2) is 9.82. The van der Waals surface area contributed by atoms with E-state index in [1.54, 1.807) is 0 Å². The van der Waals surface area contributed by atoms with E-state index in [0.717, 1.165) is 30.2 Å². The maximum absolute atomic E-state index is 8.36. The molecule has 0 radical (unpaired) electrons. The molecule has 1 N–H and O–H groups in total. The SMILES string of the molecule is O=CO.c1ccc(-n2nccc2-c2nccn2[C@@H]2COC[C@@H]2Cc2ccncc2)cc1. The van der Waals surface area contributed by atoms with E-state index in [4.69, 9.17) is 14.6 Å². The number of hydrogen-bond donors (Lipinski definition) is 1. The molecule has 0 unspecified atom stereocenters. The van der Waals surface area contributed by atoms with E-state index < -0.39 is 0 Å². The van der Waals surface area contributed by atoms with Crippen LogP contribution in [0.25, 0.3) is 17.2 Å². The maximum atomic E-state index is 8.36. The van der Waals surface area contributed by atoms with Gasteiger partial charge in [0.25, 0.3) is 6.47 Å². The van der Waals surface area contributed by atoms with Gasteiger partial charge in [0.05, 0.1) is 31.1 Å². The van der Waals surface area contributed by atoms with Gasteiger partial charge in [-0.05, 0) is 42.3 Å². The Bertz CT molecular complexity index is 1090. The number of pyridine rings is 1. The summed E-state index contributed by atoms with van der Waals surface area (Å²) in [5.74, 6) is 1.31. The van der Waals surface area contributed by atoms with E-state index in [9.17, 15) is 0 Å². The van der Waals surface area contributed by atoms with E-state index in [0.29, 0.717) is 12.5 Å². The van der Waals surface area contributed by atoms with Crippen molar-refractivity contribution in [3.05, 3.63) is 85.1 Å². The Labute approximate surface area is 179 Å². The van der Waals surface area contributed by atoms with E-state index in [-0.39, 0.29) is 12.5 Å². The zero-order valence-electron chi connectivity index (χ0n) is 16.9. The standard InChI is InChI=1S/C22H21N5O.CH2O2/c1-2-4-19(5-3-1)27-20(8-11-25-27)22-24-12-13-26(22)21-16-28-15-18(21)14-17-6-9-23-10-7-17;2-1-3/h1-13,18,21H,14-16H2;1H,(H,2,3)/t18-,21+;/m0./s1. The molecule has 4 heterocycles. The van der Waals surface area contributed by atoms with Crippen molar-refractivity contribution < 1.29 is 14.6 Å². The van der Waals surface area contributed by atoms with Crippen LogP contribution in [0.5, 0.6) is 0 Å². The minimum Gasteiger partial charge on any atom is -0.483 e. The van der Waals surface area contributed by atoms with Gasteiger partial charge in [0.1, 0.15) is 5.69 Å². The highest BCUT2D eigenvalue weighted by molar-refractivity contribution is 5.54. The molecule has 158 valence electrons. The predicted molar refractivity (Wildman–Crippen MR) is 115 cm³/mol. The second-order valence-corrected chi connectivity index (χ2v) is 7.15. The number of ether oxygens (including phenoxy) is 1. The number of imidazole rings is 1. The fraction of sp³-hybridized carbons (Fsp3) is 0.217. The molecule has 0 aliphatic carbocycles. The Morgan fingerprint density at radius 2 is 1.81 bits per heavy atom. The van der Waals surface area contributed by atoms with Gasteiger partial charge >= 0.3 is 0 Å². The molecule has 1 fully saturated rings. The van der Waals surface area contributed by atoms with Crippen LogP contribution in [0.2, 0.25) is 0 Å². The molecule has 31 heavy (non-hydrogen) atoms. The van der Waals surface area contributed by atoms with Crippen LogP contribution in [0.3, 0.4) is 0 Å². The Hall–Kier alpha value is -3.78. The average molecular weight is 417 g/mol. The number of nitrogens with zero attached hydrogens (tertiary/aromatic N) is 5. The maximum Gasteiger partial charge on any atom is 0.290 e. The van der Waals surface area contributed by atoms with Gasteiger partial charge in [0.2, 0.25) is 0 Å². The number of rotatable bonds is 5. The smallest absolute Gasteiger partial charge is 0.290 e. The molecule has 1 aliphatic heterocycles. The van der Waals surface area contributed by atoms with Crippen LogP contribution in [-0.4, -0.2) is 49.1 Å². The second-order valence-electron chi connectivity index (χ2n) is 7.15. The molecule has 0 spiro atoms. The van der Waals surface area contributed by atoms with Gasteiger partial charge in [-0.2, -0.15) is 5.10 Å². The van der Waals surface area contributed by atoms with Crippen molar-refractivity contribution in [2.24, 2.45) is 5.92 Å². The van der Waals surface area contributed by atoms with Crippen molar-refractivity contribution in [2.45, 2.75) is 12.5 Å². The van der Waals surface area contributed by atoms with Crippen molar-refractivity contribution in [3.8, 4) is 17.2 Å². The number of hydrogen-bond acceptors (Lipinski definition) is 5. The lowest BCUT2D eigenvalue weighted by molar-refractivity contribution is -0.122. The van der Waals surface area contributed by atoms with Gasteiger partial charge in [0, 0.05) is 30.7 Å². The quantitative estimate of drug-likeness (QED) is 0.501. The molecule has 4 aromatic rings. The summed E-state index contributed by atoms with van der Waals surface area (Å²) in [6, 6.07) is 16.6. The first-order chi connectivity index (χ1) is 15.3. The third kappa shape index (κ3) is 4.54.